The van der Waals surface area contributed by atoms with Gasteiger partial charge in [-0.05, 0) is 37.6 Å². The molecule has 4 nitrogen and oxygen atoms in total. The maximum absolute atomic E-state index is 12.2. The van der Waals surface area contributed by atoms with Crippen molar-refractivity contribution in [2.45, 2.75) is 24.7 Å². The number of benzene rings is 2. The van der Waals surface area contributed by atoms with Crippen molar-refractivity contribution in [1.29, 1.82) is 0 Å². The minimum Gasteiger partial charge on any atom is -0.326 e. The lowest BCUT2D eigenvalue weighted by Crippen LogP contribution is -2.36. The summed E-state index contributed by atoms with van der Waals surface area (Å²) in [5, 5.41) is 2.89. The van der Waals surface area contributed by atoms with Crippen molar-refractivity contribution in [3.8, 4) is 0 Å². The van der Waals surface area contributed by atoms with Gasteiger partial charge >= 0.3 is 0 Å². The average molecular weight is 340 g/mol. The standard InChI is InChI=1S/C19H20N2O2S/c1-14-8-10-15(11-9-14)20-18(22)7-4-12-21-16-5-2-3-6-17(16)24-13-19(21)23/h2-3,5-6,8-11H,4,7,12-13H2,1H3,(H,20,22). The fourth-order valence-electron chi connectivity index (χ4n) is 2.66. The predicted octanol–water partition coefficient (Wildman–Crippen LogP) is 3.85. The lowest BCUT2D eigenvalue weighted by molar-refractivity contribution is -0.117. The first-order valence-electron chi connectivity index (χ1n) is 8.02. The third kappa shape index (κ3) is 3.97. The summed E-state index contributed by atoms with van der Waals surface area (Å²) in [5.41, 5.74) is 2.92. The number of hydrogen-bond acceptors (Lipinski definition) is 3. The number of nitrogens with one attached hydrogen (secondary N) is 1. The van der Waals surface area contributed by atoms with Gasteiger partial charge in [0.1, 0.15) is 0 Å². The van der Waals surface area contributed by atoms with Crippen LogP contribution in [0.15, 0.2) is 53.4 Å². The van der Waals surface area contributed by atoms with Gasteiger partial charge in [-0.15, -0.1) is 11.8 Å². The molecule has 3 rings (SSSR count). The maximum Gasteiger partial charge on any atom is 0.237 e. The summed E-state index contributed by atoms with van der Waals surface area (Å²) in [5.74, 6) is 0.552. The van der Waals surface area contributed by atoms with Crippen molar-refractivity contribution in [1.82, 2.24) is 0 Å². The highest BCUT2D eigenvalue weighted by Gasteiger charge is 2.23. The lowest BCUT2D eigenvalue weighted by Gasteiger charge is -2.28. The van der Waals surface area contributed by atoms with Crippen LogP contribution >= 0.6 is 11.8 Å². The average Bonchev–Trinajstić information content (AvgIpc) is 2.59. The smallest absolute Gasteiger partial charge is 0.237 e. The van der Waals surface area contributed by atoms with E-state index >= 15 is 0 Å². The molecule has 5 heteroatoms. The number of carbonyl (C=O) groups excluding carboxylic acids is 2. The molecule has 1 heterocycles. The van der Waals surface area contributed by atoms with Gasteiger partial charge < -0.3 is 10.2 Å². The van der Waals surface area contributed by atoms with E-state index in [-0.39, 0.29) is 11.8 Å². The molecule has 0 saturated carbocycles. The molecule has 24 heavy (non-hydrogen) atoms. The largest absolute Gasteiger partial charge is 0.326 e. The van der Waals surface area contributed by atoms with E-state index in [0.717, 1.165) is 21.8 Å². The molecule has 0 unspecified atom stereocenters. The summed E-state index contributed by atoms with van der Waals surface area (Å²) >= 11 is 1.57. The molecule has 0 radical (unpaired) electrons. The number of thioether (sulfide) groups is 1. The number of para-hydroxylation sites is 1. The van der Waals surface area contributed by atoms with Gasteiger partial charge in [-0.1, -0.05) is 29.8 Å². The Labute approximate surface area is 146 Å². The number of carbonyl (C=O) groups is 2. The topological polar surface area (TPSA) is 49.4 Å². The monoisotopic (exact) mass is 340 g/mol. The Morgan fingerprint density at radius 3 is 2.71 bits per heavy atom. The summed E-state index contributed by atoms with van der Waals surface area (Å²) < 4.78 is 0. The minimum absolute atomic E-state index is 0.0222. The number of anilines is 2. The molecule has 0 saturated heterocycles. The number of fused-ring (bicyclic) bond motifs is 1. The van der Waals surface area contributed by atoms with Gasteiger partial charge in [0.25, 0.3) is 0 Å². The van der Waals surface area contributed by atoms with E-state index in [9.17, 15) is 9.59 Å². The van der Waals surface area contributed by atoms with Gasteiger partial charge in [0, 0.05) is 23.5 Å². The van der Waals surface area contributed by atoms with E-state index in [2.05, 4.69) is 5.32 Å². The van der Waals surface area contributed by atoms with Crippen LogP contribution in [-0.2, 0) is 9.59 Å². The van der Waals surface area contributed by atoms with Crippen LogP contribution in [0.25, 0.3) is 0 Å². The molecular weight excluding hydrogens is 320 g/mol. The third-order valence-electron chi connectivity index (χ3n) is 3.93. The highest BCUT2D eigenvalue weighted by molar-refractivity contribution is 8.00. The first kappa shape index (κ1) is 16.6. The van der Waals surface area contributed by atoms with E-state index in [4.69, 9.17) is 0 Å². The van der Waals surface area contributed by atoms with Gasteiger partial charge in [-0.3, -0.25) is 9.59 Å². The van der Waals surface area contributed by atoms with Gasteiger partial charge in [-0.2, -0.15) is 0 Å². The number of amides is 2. The van der Waals surface area contributed by atoms with E-state index in [1.165, 1.54) is 0 Å². The van der Waals surface area contributed by atoms with Crippen LogP contribution in [0.4, 0.5) is 11.4 Å². The van der Waals surface area contributed by atoms with E-state index in [1.54, 1.807) is 16.7 Å². The Morgan fingerprint density at radius 1 is 1.17 bits per heavy atom. The minimum atomic E-state index is -0.0222. The molecule has 2 amide bonds. The second-order valence-corrected chi connectivity index (χ2v) is 6.84. The molecule has 0 spiro atoms. The Hall–Kier alpha value is -2.27. The quantitative estimate of drug-likeness (QED) is 0.899. The molecule has 0 fully saturated rings. The fraction of sp³-hybridized carbons (Fsp3) is 0.263. The molecule has 1 aliphatic rings. The molecular formula is C19H20N2O2S. The third-order valence-corrected chi connectivity index (χ3v) is 4.98. The Kier molecular flexibility index (Phi) is 5.20. The van der Waals surface area contributed by atoms with Gasteiger partial charge in [0.05, 0.1) is 11.4 Å². The summed E-state index contributed by atoms with van der Waals surface area (Å²) in [6.45, 7) is 2.58. The molecule has 0 aromatic heterocycles. The highest BCUT2D eigenvalue weighted by Crippen LogP contribution is 2.34. The highest BCUT2D eigenvalue weighted by atomic mass is 32.2. The SMILES string of the molecule is Cc1ccc(NC(=O)CCCN2C(=O)CSc3ccccc32)cc1. The molecule has 0 atom stereocenters. The zero-order chi connectivity index (χ0) is 16.9. The Morgan fingerprint density at radius 2 is 1.92 bits per heavy atom. The van der Waals surface area contributed by atoms with Gasteiger partial charge in [0.15, 0.2) is 0 Å². The van der Waals surface area contributed by atoms with E-state index < -0.39 is 0 Å². The summed E-state index contributed by atoms with van der Waals surface area (Å²) in [7, 11) is 0. The van der Waals surface area contributed by atoms with Crippen molar-refractivity contribution >= 4 is 35.0 Å². The normalized spacial score (nSPS) is 13.5. The first-order valence-corrected chi connectivity index (χ1v) is 9.01. The maximum atomic E-state index is 12.2. The summed E-state index contributed by atoms with van der Waals surface area (Å²) in [6, 6.07) is 15.6. The van der Waals surface area contributed by atoms with Crippen molar-refractivity contribution in [2.75, 3.05) is 22.5 Å². The van der Waals surface area contributed by atoms with Crippen molar-refractivity contribution in [3.63, 3.8) is 0 Å². The molecule has 2 aromatic rings. The zero-order valence-corrected chi connectivity index (χ0v) is 14.4. The van der Waals surface area contributed by atoms with Crippen molar-refractivity contribution in [3.05, 3.63) is 54.1 Å². The van der Waals surface area contributed by atoms with Crippen molar-refractivity contribution < 1.29 is 9.59 Å². The first-order chi connectivity index (χ1) is 11.6. The predicted molar refractivity (Wildman–Crippen MR) is 98.6 cm³/mol. The lowest BCUT2D eigenvalue weighted by atomic mass is 10.2. The van der Waals surface area contributed by atoms with Crippen molar-refractivity contribution in [2.24, 2.45) is 0 Å². The molecule has 0 aliphatic carbocycles. The van der Waals surface area contributed by atoms with Crippen LogP contribution in [0.3, 0.4) is 0 Å². The van der Waals surface area contributed by atoms with Crippen LogP contribution in [0.1, 0.15) is 18.4 Å². The Balaban J connectivity index is 1.53. The summed E-state index contributed by atoms with van der Waals surface area (Å²) in [4.78, 5) is 27.1. The molecule has 124 valence electrons. The second-order valence-electron chi connectivity index (χ2n) is 5.82. The van der Waals surface area contributed by atoms with Crippen LogP contribution in [-0.4, -0.2) is 24.1 Å². The summed E-state index contributed by atoms with van der Waals surface area (Å²) in [6.07, 6.45) is 1.04. The van der Waals surface area contributed by atoms with Crippen LogP contribution in [0, 0.1) is 6.92 Å². The number of hydrogen-bond donors (Lipinski definition) is 1. The van der Waals surface area contributed by atoms with Crippen LogP contribution in [0.2, 0.25) is 0 Å². The molecule has 0 bridgehead atoms. The second kappa shape index (κ2) is 7.53. The number of rotatable bonds is 5. The Bertz CT molecular complexity index is 743. The molecule has 1 N–H and O–H groups in total. The van der Waals surface area contributed by atoms with Crippen LogP contribution < -0.4 is 10.2 Å². The fourth-order valence-corrected chi connectivity index (χ4v) is 3.59. The zero-order valence-electron chi connectivity index (χ0n) is 13.6. The van der Waals surface area contributed by atoms with E-state index in [0.29, 0.717) is 25.1 Å². The van der Waals surface area contributed by atoms with Crippen LogP contribution in [0.5, 0.6) is 0 Å². The van der Waals surface area contributed by atoms with Gasteiger partial charge in [0.2, 0.25) is 11.8 Å². The number of aryl methyl sites for hydroxylation is 1. The van der Waals surface area contributed by atoms with E-state index in [1.807, 2.05) is 55.5 Å². The van der Waals surface area contributed by atoms with Gasteiger partial charge in [-0.25, -0.2) is 0 Å². The molecule has 2 aromatic carbocycles. The number of nitrogens with zero attached hydrogens (tertiary/aromatic N) is 1. The molecule has 1 aliphatic heterocycles.